The summed E-state index contributed by atoms with van der Waals surface area (Å²) in [6, 6.07) is 13.0. The van der Waals surface area contributed by atoms with Crippen LogP contribution in [0.15, 0.2) is 48.5 Å². The normalized spacial score (nSPS) is 12.7. The van der Waals surface area contributed by atoms with E-state index in [1.54, 1.807) is 42.2 Å². The van der Waals surface area contributed by atoms with Gasteiger partial charge in [0.15, 0.2) is 6.61 Å². The van der Waals surface area contributed by atoms with E-state index < -0.39 is 0 Å². The van der Waals surface area contributed by atoms with Crippen molar-refractivity contribution in [3.63, 3.8) is 0 Å². The molecule has 0 bridgehead atoms. The van der Waals surface area contributed by atoms with E-state index in [0.29, 0.717) is 18.0 Å². The van der Waals surface area contributed by atoms with Crippen molar-refractivity contribution in [2.75, 3.05) is 31.1 Å². The number of halogens is 1. The summed E-state index contributed by atoms with van der Waals surface area (Å²) in [4.78, 5) is 40.0. The second-order valence-corrected chi connectivity index (χ2v) is 6.86. The van der Waals surface area contributed by atoms with Crippen LogP contribution in [-0.4, -0.2) is 48.9 Å². The summed E-state index contributed by atoms with van der Waals surface area (Å²) < 4.78 is 18.3. The largest absolute Gasteiger partial charge is 0.482 e. The van der Waals surface area contributed by atoms with E-state index in [4.69, 9.17) is 4.74 Å². The molecule has 1 N–H and O–H groups in total. The van der Waals surface area contributed by atoms with Gasteiger partial charge in [0, 0.05) is 26.1 Å². The van der Waals surface area contributed by atoms with Crippen molar-refractivity contribution in [2.45, 2.75) is 19.9 Å². The number of carbonyl (C=O) groups is 3. The molecule has 7 nitrogen and oxygen atoms in total. The van der Waals surface area contributed by atoms with E-state index >= 15 is 0 Å². The van der Waals surface area contributed by atoms with Gasteiger partial charge < -0.3 is 19.9 Å². The van der Waals surface area contributed by atoms with Crippen LogP contribution in [0.3, 0.4) is 0 Å². The summed E-state index contributed by atoms with van der Waals surface area (Å²) in [7, 11) is 0. The van der Waals surface area contributed by atoms with E-state index in [1.165, 1.54) is 17.0 Å². The number of nitrogens with zero attached hydrogens (tertiary/aromatic N) is 2. The summed E-state index contributed by atoms with van der Waals surface area (Å²) in [5.41, 5.74) is 1.41. The highest BCUT2D eigenvalue weighted by atomic mass is 19.1. The zero-order valence-corrected chi connectivity index (χ0v) is 16.8. The average molecular weight is 413 g/mol. The molecule has 2 aromatic carbocycles. The summed E-state index contributed by atoms with van der Waals surface area (Å²) >= 11 is 0. The van der Waals surface area contributed by atoms with Crippen molar-refractivity contribution in [2.24, 2.45) is 0 Å². The lowest BCUT2D eigenvalue weighted by molar-refractivity contribution is -0.135. The van der Waals surface area contributed by atoms with Crippen LogP contribution in [0.25, 0.3) is 0 Å². The third-order valence-corrected chi connectivity index (χ3v) is 4.83. The predicted octanol–water partition coefficient (Wildman–Crippen LogP) is 2.11. The molecular weight excluding hydrogens is 389 g/mol. The van der Waals surface area contributed by atoms with Crippen molar-refractivity contribution in [3.05, 3.63) is 59.9 Å². The van der Waals surface area contributed by atoms with Crippen molar-refractivity contribution >= 4 is 23.4 Å². The van der Waals surface area contributed by atoms with Crippen molar-refractivity contribution in [1.82, 2.24) is 10.2 Å². The third-order valence-electron chi connectivity index (χ3n) is 4.83. The first-order valence-corrected chi connectivity index (χ1v) is 9.79. The minimum absolute atomic E-state index is 0.0610. The standard InChI is InChI=1S/C22H24FN3O4/c1-2-25(14-20(27)24-13-16-7-9-17(23)10-8-16)21(28)11-12-26-18-5-3-4-6-19(18)30-15-22(26)29/h3-10H,2,11-15H2,1H3,(H,24,27). The Morgan fingerprint density at radius 3 is 2.63 bits per heavy atom. The molecule has 0 aliphatic carbocycles. The van der Waals surface area contributed by atoms with Crippen LogP contribution in [-0.2, 0) is 20.9 Å². The highest BCUT2D eigenvalue weighted by molar-refractivity contribution is 5.98. The highest BCUT2D eigenvalue weighted by Crippen LogP contribution is 2.31. The fourth-order valence-corrected chi connectivity index (χ4v) is 3.17. The number of fused-ring (bicyclic) bond motifs is 1. The van der Waals surface area contributed by atoms with Crippen LogP contribution in [0, 0.1) is 5.82 Å². The molecule has 0 fully saturated rings. The van der Waals surface area contributed by atoms with Crippen molar-refractivity contribution in [3.8, 4) is 5.75 Å². The number of amides is 3. The molecule has 3 rings (SSSR count). The van der Waals surface area contributed by atoms with Gasteiger partial charge >= 0.3 is 0 Å². The van der Waals surface area contributed by atoms with E-state index in [9.17, 15) is 18.8 Å². The van der Waals surface area contributed by atoms with Crippen molar-refractivity contribution < 1.29 is 23.5 Å². The fourth-order valence-electron chi connectivity index (χ4n) is 3.17. The molecule has 0 atom stereocenters. The molecule has 1 aliphatic heterocycles. The van der Waals surface area contributed by atoms with E-state index in [-0.39, 0.29) is 56.2 Å². The molecule has 8 heteroatoms. The number of nitrogens with one attached hydrogen (secondary N) is 1. The van der Waals surface area contributed by atoms with Gasteiger partial charge in [0.1, 0.15) is 11.6 Å². The lowest BCUT2D eigenvalue weighted by Crippen LogP contribution is -2.44. The van der Waals surface area contributed by atoms with Gasteiger partial charge in [-0.3, -0.25) is 14.4 Å². The second kappa shape index (κ2) is 9.87. The Balaban J connectivity index is 1.51. The Hall–Kier alpha value is -3.42. The van der Waals surface area contributed by atoms with Crippen LogP contribution >= 0.6 is 0 Å². The predicted molar refractivity (Wildman–Crippen MR) is 109 cm³/mol. The van der Waals surface area contributed by atoms with Gasteiger partial charge in [-0.15, -0.1) is 0 Å². The molecule has 0 unspecified atom stereocenters. The number of likely N-dealkylation sites (N-methyl/N-ethyl adjacent to an activating group) is 1. The lowest BCUT2D eigenvalue weighted by Gasteiger charge is -2.30. The maximum absolute atomic E-state index is 12.9. The van der Waals surface area contributed by atoms with E-state index in [1.807, 2.05) is 6.07 Å². The number of anilines is 1. The van der Waals surface area contributed by atoms with Crippen LogP contribution in [0.1, 0.15) is 18.9 Å². The van der Waals surface area contributed by atoms with Gasteiger partial charge in [0.2, 0.25) is 11.8 Å². The van der Waals surface area contributed by atoms with Crippen LogP contribution in [0.4, 0.5) is 10.1 Å². The van der Waals surface area contributed by atoms with Gasteiger partial charge in [0.05, 0.1) is 12.2 Å². The topological polar surface area (TPSA) is 79.0 Å². The fraction of sp³-hybridized carbons (Fsp3) is 0.318. The Bertz CT molecular complexity index is 917. The van der Waals surface area contributed by atoms with E-state index in [2.05, 4.69) is 5.32 Å². The Labute approximate surface area is 174 Å². The molecule has 0 aromatic heterocycles. The molecule has 30 heavy (non-hydrogen) atoms. The number of ether oxygens (including phenoxy) is 1. The first kappa shape index (κ1) is 21.3. The number of para-hydroxylation sites is 2. The zero-order valence-electron chi connectivity index (χ0n) is 16.8. The summed E-state index contributed by atoms with van der Waals surface area (Å²) in [6.07, 6.45) is 0.0964. The molecule has 3 amide bonds. The first-order chi connectivity index (χ1) is 14.5. The molecule has 158 valence electrons. The van der Waals surface area contributed by atoms with Gasteiger partial charge in [-0.25, -0.2) is 4.39 Å². The number of hydrogen-bond donors (Lipinski definition) is 1. The van der Waals surface area contributed by atoms with Crippen molar-refractivity contribution in [1.29, 1.82) is 0 Å². The molecular formula is C22H24FN3O4. The number of hydrogen-bond acceptors (Lipinski definition) is 4. The number of benzene rings is 2. The minimum Gasteiger partial charge on any atom is -0.482 e. The highest BCUT2D eigenvalue weighted by Gasteiger charge is 2.26. The molecule has 0 saturated heterocycles. The SMILES string of the molecule is CCN(CC(=O)NCc1ccc(F)cc1)C(=O)CCN1C(=O)COc2ccccc21. The molecule has 1 heterocycles. The number of carbonyl (C=O) groups excluding carboxylic acids is 3. The van der Waals surface area contributed by atoms with Crippen LogP contribution in [0.5, 0.6) is 5.75 Å². The molecule has 1 aliphatic rings. The zero-order chi connectivity index (χ0) is 21.5. The molecule has 0 spiro atoms. The Morgan fingerprint density at radius 2 is 1.90 bits per heavy atom. The smallest absolute Gasteiger partial charge is 0.265 e. The van der Waals surface area contributed by atoms with Gasteiger partial charge in [-0.1, -0.05) is 24.3 Å². The molecule has 2 aromatic rings. The molecule has 0 saturated carbocycles. The summed E-state index contributed by atoms with van der Waals surface area (Å²) in [5, 5.41) is 2.73. The Kier molecular flexibility index (Phi) is 7.00. The summed E-state index contributed by atoms with van der Waals surface area (Å²) in [6.45, 7) is 2.49. The monoisotopic (exact) mass is 413 g/mol. The van der Waals surface area contributed by atoms with Crippen LogP contribution in [0.2, 0.25) is 0 Å². The maximum Gasteiger partial charge on any atom is 0.265 e. The Morgan fingerprint density at radius 1 is 1.17 bits per heavy atom. The first-order valence-electron chi connectivity index (χ1n) is 9.79. The van der Waals surface area contributed by atoms with Crippen LogP contribution < -0.4 is 15.0 Å². The third kappa shape index (κ3) is 5.34. The number of rotatable bonds is 8. The minimum atomic E-state index is -0.339. The van der Waals surface area contributed by atoms with Gasteiger partial charge in [-0.2, -0.15) is 0 Å². The van der Waals surface area contributed by atoms with E-state index in [0.717, 1.165) is 5.56 Å². The second-order valence-electron chi connectivity index (χ2n) is 6.86. The van der Waals surface area contributed by atoms with Gasteiger partial charge in [0.25, 0.3) is 5.91 Å². The summed E-state index contributed by atoms with van der Waals surface area (Å²) in [5.74, 6) is -0.457. The maximum atomic E-state index is 12.9. The quantitative estimate of drug-likeness (QED) is 0.719. The van der Waals surface area contributed by atoms with Gasteiger partial charge in [-0.05, 0) is 36.8 Å². The average Bonchev–Trinajstić information content (AvgIpc) is 2.76. The molecule has 0 radical (unpaired) electrons. The lowest BCUT2D eigenvalue weighted by atomic mass is 10.2.